The minimum atomic E-state index is -0.699. The van der Waals surface area contributed by atoms with E-state index in [0.29, 0.717) is 5.56 Å². The van der Waals surface area contributed by atoms with Crippen molar-refractivity contribution in [3.63, 3.8) is 0 Å². The molecule has 0 aromatic heterocycles. The molecule has 1 amide bonds. The summed E-state index contributed by atoms with van der Waals surface area (Å²) in [5, 5.41) is 0. The lowest BCUT2D eigenvalue weighted by molar-refractivity contribution is -0.0994. The molecule has 2 aromatic carbocycles. The number of amides is 1. The Kier molecular flexibility index (Phi) is 3.72. The van der Waals surface area contributed by atoms with E-state index in [0.717, 1.165) is 11.3 Å². The van der Waals surface area contributed by atoms with Crippen LogP contribution in [0.5, 0.6) is 0 Å². The second-order valence-electron chi connectivity index (χ2n) is 5.46. The molecule has 0 fully saturated rings. The van der Waals surface area contributed by atoms with Gasteiger partial charge in [-0.3, -0.25) is 9.69 Å². The number of rotatable bonds is 3. The van der Waals surface area contributed by atoms with E-state index >= 15 is 0 Å². The monoisotopic (exact) mass is 297 g/mol. The minimum Gasteiger partial charge on any atom is -0.369 e. The van der Waals surface area contributed by atoms with E-state index in [4.69, 9.17) is 9.47 Å². The molecule has 0 bridgehead atoms. The summed E-state index contributed by atoms with van der Waals surface area (Å²) in [6.45, 7) is 1.94. The predicted octanol–water partition coefficient (Wildman–Crippen LogP) is 3.18. The van der Waals surface area contributed by atoms with Crippen LogP contribution in [0.15, 0.2) is 54.6 Å². The van der Waals surface area contributed by atoms with Gasteiger partial charge < -0.3 is 9.47 Å². The van der Waals surface area contributed by atoms with Crippen molar-refractivity contribution >= 4 is 11.6 Å². The van der Waals surface area contributed by atoms with E-state index in [1.165, 1.54) is 0 Å². The van der Waals surface area contributed by atoms with E-state index < -0.39 is 11.8 Å². The van der Waals surface area contributed by atoms with Gasteiger partial charge in [-0.25, -0.2) is 0 Å². The second kappa shape index (κ2) is 5.55. The third-order valence-corrected chi connectivity index (χ3v) is 4.29. The normalized spacial score (nSPS) is 23.4. The number of para-hydroxylation sites is 1. The fourth-order valence-electron chi connectivity index (χ4n) is 3.09. The zero-order valence-corrected chi connectivity index (χ0v) is 12.9. The van der Waals surface area contributed by atoms with Crippen LogP contribution in [0.1, 0.15) is 22.8 Å². The number of carbonyl (C=O) groups is 1. The molecule has 1 heterocycles. The topological polar surface area (TPSA) is 38.8 Å². The fraction of sp³-hybridized carbons (Fsp3) is 0.278. The molecule has 1 aliphatic heterocycles. The molecule has 0 saturated heterocycles. The average Bonchev–Trinajstić information content (AvgIpc) is 2.84. The molecule has 3 rings (SSSR count). The van der Waals surface area contributed by atoms with Gasteiger partial charge in [0.1, 0.15) is 5.60 Å². The molecule has 22 heavy (non-hydrogen) atoms. The molecular formula is C18H19NO3. The van der Waals surface area contributed by atoms with E-state index in [9.17, 15) is 4.79 Å². The Bertz CT molecular complexity index is 686. The number of carbonyl (C=O) groups excluding carboxylic acids is 1. The molecule has 2 atom stereocenters. The maximum absolute atomic E-state index is 13.0. The molecule has 0 spiro atoms. The molecule has 4 nitrogen and oxygen atoms in total. The molecule has 0 radical (unpaired) electrons. The van der Waals surface area contributed by atoms with Crippen molar-refractivity contribution < 1.29 is 14.3 Å². The van der Waals surface area contributed by atoms with Gasteiger partial charge in [0.25, 0.3) is 5.91 Å². The molecule has 2 aromatic rings. The molecule has 114 valence electrons. The zero-order chi connectivity index (χ0) is 15.7. The Hall–Kier alpha value is -2.17. The van der Waals surface area contributed by atoms with E-state index in [-0.39, 0.29) is 5.91 Å². The van der Waals surface area contributed by atoms with Crippen LogP contribution in [0.25, 0.3) is 0 Å². The molecule has 0 N–H and O–H groups in total. The van der Waals surface area contributed by atoms with Crippen molar-refractivity contribution in [1.82, 2.24) is 0 Å². The van der Waals surface area contributed by atoms with E-state index in [1.807, 2.05) is 49.4 Å². The quantitative estimate of drug-likeness (QED) is 0.873. The first-order valence-corrected chi connectivity index (χ1v) is 7.19. The number of hydrogen-bond donors (Lipinski definition) is 0. The number of anilines is 1. The number of methoxy groups -OCH3 is 2. The van der Waals surface area contributed by atoms with Gasteiger partial charge in [-0.2, -0.15) is 0 Å². The van der Waals surface area contributed by atoms with Gasteiger partial charge in [0, 0.05) is 25.3 Å². The highest BCUT2D eigenvalue weighted by atomic mass is 16.6. The van der Waals surface area contributed by atoms with Crippen LogP contribution in [-0.2, 0) is 15.1 Å². The fourth-order valence-corrected chi connectivity index (χ4v) is 3.09. The summed E-state index contributed by atoms with van der Waals surface area (Å²) >= 11 is 0. The van der Waals surface area contributed by atoms with Crippen molar-refractivity contribution in [3.05, 3.63) is 65.7 Å². The van der Waals surface area contributed by atoms with Crippen LogP contribution in [0.3, 0.4) is 0 Å². The first-order chi connectivity index (χ1) is 10.6. The van der Waals surface area contributed by atoms with Crippen molar-refractivity contribution in [3.8, 4) is 0 Å². The van der Waals surface area contributed by atoms with Crippen molar-refractivity contribution in [2.24, 2.45) is 0 Å². The summed E-state index contributed by atoms with van der Waals surface area (Å²) in [4.78, 5) is 14.6. The highest BCUT2D eigenvalue weighted by Gasteiger charge is 2.51. The Morgan fingerprint density at radius 2 is 1.68 bits per heavy atom. The number of hydrogen-bond acceptors (Lipinski definition) is 3. The largest absolute Gasteiger partial charge is 0.369 e. The average molecular weight is 297 g/mol. The SMILES string of the molecule is COC1N(C(=O)c2ccccc2)c2ccccc2C1(C)OC. The predicted molar refractivity (Wildman–Crippen MR) is 84.9 cm³/mol. The zero-order valence-electron chi connectivity index (χ0n) is 12.9. The first-order valence-electron chi connectivity index (χ1n) is 7.19. The summed E-state index contributed by atoms with van der Waals surface area (Å²) in [6, 6.07) is 17.0. The van der Waals surface area contributed by atoms with Gasteiger partial charge in [-0.15, -0.1) is 0 Å². The van der Waals surface area contributed by atoms with E-state index in [1.54, 1.807) is 31.3 Å². The Labute approximate surface area is 130 Å². The van der Waals surface area contributed by atoms with Crippen LogP contribution in [0.4, 0.5) is 5.69 Å². The number of benzene rings is 2. The third kappa shape index (κ3) is 2.03. The van der Waals surface area contributed by atoms with Crippen LogP contribution in [0, 0.1) is 0 Å². The molecular weight excluding hydrogens is 278 g/mol. The Morgan fingerprint density at radius 1 is 1.05 bits per heavy atom. The van der Waals surface area contributed by atoms with Gasteiger partial charge in [0.2, 0.25) is 0 Å². The van der Waals surface area contributed by atoms with E-state index in [2.05, 4.69) is 0 Å². The smallest absolute Gasteiger partial charge is 0.260 e. The van der Waals surface area contributed by atoms with Crippen LogP contribution in [-0.4, -0.2) is 26.4 Å². The van der Waals surface area contributed by atoms with Crippen molar-refractivity contribution in [1.29, 1.82) is 0 Å². The number of fused-ring (bicyclic) bond motifs is 1. The molecule has 0 saturated carbocycles. The Morgan fingerprint density at radius 3 is 2.32 bits per heavy atom. The lowest BCUT2D eigenvalue weighted by Gasteiger charge is -2.33. The van der Waals surface area contributed by atoms with Gasteiger partial charge in [0.15, 0.2) is 6.23 Å². The lowest BCUT2D eigenvalue weighted by atomic mass is 9.97. The first kappa shape index (κ1) is 14.8. The molecule has 1 aliphatic rings. The second-order valence-corrected chi connectivity index (χ2v) is 5.46. The third-order valence-electron chi connectivity index (χ3n) is 4.29. The summed E-state index contributed by atoms with van der Waals surface area (Å²) < 4.78 is 11.4. The van der Waals surface area contributed by atoms with Crippen LogP contribution >= 0.6 is 0 Å². The number of nitrogens with zero attached hydrogens (tertiary/aromatic N) is 1. The standard InChI is InChI=1S/C18H19NO3/c1-18(22-3)14-11-7-8-12-15(14)19(17(18)21-2)16(20)13-9-5-4-6-10-13/h4-12,17H,1-3H3. The summed E-state index contributed by atoms with van der Waals surface area (Å²) in [5.74, 6) is -0.0966. The number of ether oxygens (including phenoxy) is 2. The minimum absolute atomic E-state index is 0.0966. The molecule has 0 aliphatic carbocycles. The highest BCUT2D eigenvalue weighted by molar-refractivity contribution is 6.08. The van der Waals surface area contributed by atoms with Crippen LogP contribution < -0.4 is 4.90 Å². The van der Waals surface area contributed by atoms with Gasteiger partial charge in [-0.1, -0.05) is 36.4 Å². The summed E-state index contributed by atoms with van der Waals surface area (Å²) in [7, 11) is 3.23. The van der Waals surface area contributed by atoms with Gasteiger partial charge in [-0.05, 0) is 25.1 Å². The highest BCUT2D eigenvalue weighted by Crippen LogP contribution is 2.46. The van der Waals surface area contributed by atoms with Crippen molar-refractivity contribution in [2.75, 3.05) is 19.1 Å². The molecule has 4 heteroatoms. The maximum Gasteiger partial charge on any atom is 0.260 e. The lowest BCUT2D eigenvalue weighted by Crippen LogP contribution is -2.48. The summed E-state index contributed by atoms with van der Waals surface area (Å²) in [5.41, 5.74) is 1.70. The molecule has 2 unspecified atom stereocenters. The van der Waals surface area contributed by atoms with Gasteiger partial charge in [0.05, 0.1) is 5.69 Å². The summed E-state index contributed by atoms with van der Waals surface area (Å²) in [6.07, 6.45) is -0.511. The Balaban J connectivity index is 2.13. The van der Waals surface area contributed by atoms with Crippen molar-refractivity contribution in [2.45, 2.75) is 18.8 Å². The van der Waals surface area contributed by atoms with Crippen LogP contribution in [0.2, 0.25) is 0 Å². The van der Waals surface area contributed by atoms with Gasteiger partial charge >= 0.3 is 0 Å². The maximum atomic E-state index is 13.0.